The van der Waals surface area contributed by atoms with Crippen molar-refractivity contribution in [2.75, 3.05) is 39.3 Å². The summed E-state index contributed by atoms with van der Waals surface area (Å²) in [6.07, 6.45) is 3.24. The van der Waals surface area contributed by atoms with E-state index in [0.29, 0.717) is 25.6 Å². The zero-order chi connectivity index (χ0) is 20.3. The number of urea groups is 1. The van der Waals surface area contributed by atoms with Gasteiger partial charge in [-0.3, -0.25) is 9.69 Å². The molecule has 0 radical (unpaired) electrons. The lowest BCUT2D eigenvalue weighted by atomic mass is 10.0. The average molecular weight is 472 g/mol. The van der Waals surface area contributed by atoms with E-state index in [9.17, 15) is 9.59 Å². The fourth-order valence-electron chi connectivity index (χ4n) is 4.14. The molecule has 0 bridgehead atoms. The van der Waals surface area contributed by atoms with Gasteiger partial charge in [-0.15, -0.1) is 0 Å². The van der Waals surface area contributed by atoms with E-state index in [2.05, 4.69) is 26.9 Å². The molecule has 3 rings (SSSR count). The zero-order valence-corrected chi connectivity index (χ0v) is 18.6. The van der Waals surface area contributed by atoms with E-state index in [-0.39, 0.29) is 11.9 Å². The number of piperazine rings is 1. The topological polar surface area (TPSA) is 69.9 Å². The molecule has 8 heteroatoms. The molecule has 0 saturated carbocycles. The first kappa shape index (κ1) is 21.4. The number of piperidine rings is 1. The van der Waals surface area contributed by atoms with E-state index in [1.165, 1.54) is 0 Å². The Hall–Kier alpha value is -1.31. The molecule has 2 N–H and O–H groups in total. The first-order valence-electron chi connectivity index (χ1n) is 9.86. The van der Waals surface area contributed by atoms with Crippen molar-refractivity contribution in [2.24, 2.45) is 5.73 Å². The van der Waals surface area contributed by atoms with Crippen molar-refractivity contribution in [2.45, 2.75) is 38.6 Å². The zero-order valence-electron chi connectivity index (χ0n) is 16.3. The minimum Gasteiger partial charge on any atom is -0.351 e. The quantitative estimate of drug-likeness (QED) is 0.734. The van der Waals surface area contributed by atoms with Crippen molar-refractivity contribution < 1.29 is 9.59 Å². The minimum absolute atomic E-state index is 0.223. The highest BCUT2D eigenvalue weighted by Gasteiger charge is 2.29. The molecular formula is C20H28BrClN4O2. The Morgan fingerprint density at radius 2 is 1.75 bits per heavy atom. The lowest BCUT2D eigenvalue weighted by Gasteiger charge is -2.42. The van der Waals surface area contributed by atoms with E-state index >= 15 is 0 Å². The largest absolute Gasteiger partial charge is 0.351 e. The van der Waals surface area contributed by atoms with Gasteiger partial charge in [-0.2, -0.15) is 0 Å². The average Bonchev–Trinajstić information content (AvgIpc) is 2.70. The number of benzene rings is 1. The first-order chi connectivity index (χ1) is 13.3. The summed E-state index contributed by atoms with van der Waals surface area (Å²) in [6.45, 7) is 6.73. The second-order valence-corrected chi connectivity index (χ2v) is 8.91. The fraction of sp³-hybridized carbons (Fsp3) is 0.600. The van der Waals surface area contributed by atoms with Crippen LogP contribution in [0.2, 0.25) is 5.02 Å². The molecule has 0 spiro atoms. The van der Waals surface area contributed by atoms with Gasteiger partial charge in [0.2, 0.25) is 5.91 Å². The standard InChI is InChI=1S/C20H28BrClN4O2/c1-14-12-15(13-17(21)19(14)22)2-3-18(27)25-6-4-16(5-7-25)24-8-10-26(11-9-24)20(23)28/h12-13,16H,2-11H2,1H3,(H2,23,28). The summed E-state index contributed by atoms with van der Waals surface area (Å²) < 4.78 is 0.883. The van der Waals surface area contributed by atoms with Crippen LogP contribution >= 0.6 is 27.5 Å². The number of nitrogens with zero attached hydrogens (tertiary/aromatic N) is 3. The third-order valence-electron chi connectivity index (χ3n) is 5.86. The van der Waals surface area contributed by atoms with Gasteiger partial charge in [0.25, 0.3) is 0 Å². The van der Waals surface area contributed by atoms with E-state index in [1.807, 2.05) is 17.9 Å². The minimum atomic E-state index is -0.331. The van der Waals surface area contributed by atoms with Crippen molar-refractivity contribution in [1.29, 1.82) is 0 Å². The predicted octanol–water partition coefficient (Wildman–Crippen LogP) is 3.03. The van der Waals surface area contributed by atoms with Crippen LogP contribution in [0.3, 0.4) is 0 Å². The second-order valence-electron chi connectivity index (χ2n) is 7.68. The highest BCUT2D eigenvalue weighted by molar-refractivity contribution is 9.10. The molecule has 28 heavy (non-hydrogen) atoms. The number of nitrogens with two attached hydrogens (primary N) is 1. The number of primary amides is 1. The van der Waals surface area contributed by atoms with Crippen molar-refractivity contribution in [1.82, 2.24) is 14.7 Å². The van der Waals surface area contributed by atoms with Crippen LogP contribution in [0, 0.1) is 6.92 Å². The highest BCUT2D eigenvalue weighted by Crippen LogP contribution is 2.28. The molecule has 3 amide bonds. The van der Waals surface area contributed by atoms with Crippen LogP contribution in [-0.2, 0) is 11.2 Å². The van der Waals surface area contributed by atoms with Crippen molar-refractivity contribution in [3.8, 4) is 0 Å². The molecule has 0 atom stereocenters. The summed E-state index contributed by atoms with van der Waals surface area (Å²) in [6, 6.07) is 4.22. The first-order valence-corrected chi connectivity index (χ1v) is 11.0. The van der Waals surface area contributed by atoms with Gasteiger partial charge >= 0.3 is 6.03 Å². The lowest BCUT2D eigenvalue weighted by Crippen LogP contribution is -2.55. The SMILES string of the molecule is Cc1cc(CCC(=O)N2CCC(N3CCN(C(N)=O)CC3)CC2)cc(Br)c1Cl. The normalized spacial score (nSPS) is 19.1. The van der Waals surface area contributed by atoms with Crippen LogP contribution in [0.25, 0.3) is 0 Å². The monoisotopic (exact) mass is 470 g/mol. The Balaban J connectivity index is 1.43. The lowest BCUT2D eigenvalue weighted by molar-refractivity contribution is -0.132. The molecular weight excluding hydrogens is 444 g/mol. The van der Waals surface area contributed by atoms with Crippen LogP contribution in [0.15, 0.2) is 16.6 Å². The van der Waals surface area contributed by atoms with Crippen LogP contribution in [0.4, 0.5) is 4.79 Å². The highest BCUT2D eigenvalue weighted by atomic mass is 79.9. The van der Waals surface area contributed by atoms with Gasteiger partial charge in [0, 0.05) is 56.2 Å². The molecule has 154 valence electrons. The number of hydrogen-bond acceptors (Lipinski definition) is 3. The molecule has 2 aliphatic heterocycles. The molecule has 6 nitrogen and oxygen atoms in total. The number of hydrogen-bond donors (Lipinski definition) is 1. The Morgan fingerprint density at radius 3 is 2.32 bits per heavy atom. The van der Waals surface area contributed by atoms with Gasteiger partial charge in [-0.1, -0.05) is 17.7 Å². The van der Waals surface area contributed by atoms with E-state index in [4.69, 9.17) is 17.3 Å². The smallest absolute Gasteiger partial charge is 0.314 e. The molecule has 1 aromatic rings. The molecule has 1 aromatic carbocycles. The maximum absolute atomic E-state index is 12.6. The fourth-order valence-corrected chi connectivity index (χ4v) is 4.86. The summed E-state index contributed by atoms with van der Waals surface area (Å²) in [7, 11) is 0. The van der Waals surface area contributed by atoms with Crippen LogP contribution < -0.4 is 5.73 Å². The van der Waals surface area contributed by atoms with Gasteiger partial charge < -0.3 is 15.5 Å². The van der Waals surface area contributed by atoms with E-state index < -0.39 is 0 Å². The third kappa shape index (κ3) is 5.19. The van der Waals surface area contributed by atoms with Gasteiger partial charge in [0.1, 0.15) is 0 Å². The maximum atomic E-state index is 12.6. The summed E-state index contributed by atoms with van der Waals surface area (Å²) >= 11 is 9.66. The predicted molar refractivity (Wildman–Crippen MR) is 115 cm³/mol. The molecule has 2 saturated heterocycles. The Bertz CT molecular complexity index is 706. The van der Waals surface area contributed by atoms with Crippen molar-refractivity contribution in [3.05, 3.63) is 32.8 Å². The van der Waals surface area contributed by atoms with E-state index in [0.717, 1.165) is 66.1 Å². The number of rotatable bonds is 4. The van der Waals surface area contributed by atoms with Gasteiger partial charge in [-0.05, 0) is 59.3 Å². The summed E-state index contributed by atoms with van der Waals surface area (Å²) in [5.41, 5.74) is 7.50. The second kappa shape index (κ2) is 9.46. The van der Waals surface area contributed by atoms with Crippen molar-refractivity contribution in [3.63, 3.8) is 0 Å². The van der Waals surface area contributed by atoms with Gasteiger partial charge in [0.05, 0.1) is 5.02 Å². The number of amides is 3. The third-order valence-corrected chi connectivity index (χ3v) is 7.21. The van der Waals surface area contributed by atoms with Gasteiger partial charge in [-0.25, -0.2) is 4.79 Å². The van der Waals surface area contributed by atoms with Crippen molar-refractivity contribution >= 4 is 39.5 Å². The number of carbonyl (C=O) groups is 2. The Labute approximate surface area is 180 Å². The number of halogens is 2. The van der Waals surface area contributed by atoms with Crippen LogP contribution in [-0.4, -0.2) is 71.9 Å². The number of carbonyl (C=O) groups excluding carboxylic acids is 2. The maximum Gasteiger partial charge on any atom is 0.314 e. The van der Waals surface area contributed by atoms with Gasteiger partial charge in [0.15, 0.2) is 0 Å². The molecule has 2 aliphatic rings. The molecule has 0 aliphatic carbocycles. The Kier molecular flexibility index (Phi) is 7.23. The molecule has 2 heterocycles. The number of likely N-dealkylation sites (tertiary alicyclic amines) is 1. The van der Waals surface area contributed by atoms with Crippen LogP contribution in [0.5, 0.6) is 0 Å². The molecule has 0 unspecified atom stereocenters. The summed E-state index contributed by atoms with van der Waals surface area (Å²) in [4.78, 5) is 30.0. The summed E-state index contributed by atoms with van der Waals surface area (Å²) in [5, 5.41) is 0.730. The Morgan fingerprint density at radius 1 is 1.11 bits per heavy atom. The number of aryl methyl sites for hydroxylation is 2. The molecule has 2 fully saturated rings. The molecule has 0 aromatic heterocycles. The summed E-state index contributed by atoms with van der Waals surface area (Å²) in [5.74, 6) is 0.223. The van der Waals surface area contributed by atoms with E-state index in [1.54, 1.807) is 4.90 Å². The van der Waals surface area contributed by atoms with Crippen LogP contribution in [0.1, 0.15) is 30.4 Å².